The van der Waals surface area contributed by atoms with E-state index >= 15 is 0 Å². The number of anilines is 1. The Balaban J connectivity index is 2.91. The molecule has 0 aliphatic heterocycles. The molecule has 0 atom stereocenters. The second-order valence-corrected chi connectivity index (χ2v) is 13.2. The first-order valence-electron chi connectivity index (χ1n) is 4.86. The molecule has 0 aliphatic carbocycles. The normalized spacial score (nSPS) is 9.85. The summed E-state index contributed by atoms with van der Waals surface area (Å²) >= 11 is -1.12. The van der Waals surface area contributed by atoms with Gasteiger partial charge in [0.05, 0.1) is 0 Å². The summed E-state index contributed by atoms with van der Waals surface area (Å²) in [4.78, 5) is 2.21. The van der Waals surface area contributed by atoms with Crippen LogP contribution in [0.4, 0.5) is 5.69 Å². The predicted octanol–water partition coefficient (Wildman–Crippen LogP) is 2.59. The van der Waals surface area contributed by atoms with Gasteiger partial charge in [0.25, 0.3) is 0 Å². The topological polar surface area (TPSA) is 3.24 Å². The van der Waals surface area contributed by atoms with Gasteiger partial charge in [-0.2, -0.15) is 0 Å². The van der Waals surface area contributed by atoms with Crippen molar-refractivity contribution < 1.29 is 0 Å². The molecule has 0 aromatic heterocycles. The van der Waals surface area contributed by atoms with Crippen LogP contribution in [-0.2, 0) is 4.18 Å². The van der Waals surface area contributed by atoms with E-state index in [4.69, 9.17) is 0 Å². The molecule has 0 aliphatic rings. The molecule has 0 fully saturated rings. The minimum atomic E-state index is -1.12. The van der Waals surface area contributed by atoms with E-state index in [-0.39, 0.29) is 0 Å². The molecule has 0 unspecified atom stereocenters. The summed E-state index contributed by atoms with van der Waals surface area (Å²) < 4.78 is 6.30. The van der Waals surface area contributed by atoms with Crippen molar-refractivity contribution >= 4 is 27.1 Å². The van der Waals surface area contributed by atoms with Crippen molar-refractivity contribution in [3.63, 3.8) is 0 Å². The molecule has 0 radical (unpaired) electrons. The Morgan fingerprint density at radius 2 is 1.77 bits per heavy atom. The van der Waals surface area contributed by atoms with E-state index in [1.54, 1.807) is 5.56 Å². The van der Waals surface area contributed by atoms with Gasteiger partial charge in [0.2, 0.25) is 0 Å². The number of para-hydroxylation sites is 1. The fourth-order valence-electron chi connectivity index (χ4n) is 1.56. The molecule has 0 saturated heterocycles. The van der Waals surface area contributed by atoms with E-state index in [1.165, 1.54) is 9.86 Å². The second-order valence-electron chi connectivity index (χ2n) is 4.12. The zero-order chi connectivity index (χ0) is 9.84. The van der Waals surface area contributed by atoms with Crippen LogP contribution in [0.25, 0.3) is 0 Å². The van der Waals surface area contributed by atoms with Gasteiger partial charge in [-0.25, -0.2) is 0 Å². The number of hydrogen-bond donors (Lipinski definition) is 0. The molecular formula is C11H18InN. The van der Waals surface area contributed by atoms with E-state index in [0.29, 0.717) is 0 Å². The van der Waals surface area contributed by atoms with E-state index in [1.807, 2.05) is 0 Å². The minimum absolute atomic E-state index is 1.12. The zero-order valence-corrected chi connectivity index (χ0v) is 12.3. The Labute approximate surface area is 89.3 Å². The predicted molar refractivity (Wildman–Crippen MR) is 62.0 cm³/mol. The standard InChI is InChI=1S/C9H12N.2CH3.In/c1-8-6-4-5-7-9(8)10(2)3;;;/h4-7H,1H2,2-3H3;2*1H3;. The number of hydrogen-bond acceptors (Lipinski definition) is 1. The Morgan fingerprint density at radius 3 is 2.31 bits per heavy atom. The van der Waals surface area contributed by atoms with E-state index in [9.17, 15) is 0 Å². The summed E-state index contributed by atoms with van der Waals surface area (Å²) in [6, 6.07) is 8.75. The average molecular weight is 279 g/mol. The third-order valence-electron chi connectivity index (χ3n) is 2.10. The number of rotatable bonds is 3. The summed E-state index contributed by atoms with van der Waals surface area (Å²) in [5.41, 5.74) is 2.94. The van der Waals surface area contributed by atoms with Gasteiger partial charge in [-0.15, -0.1) is 0 Å². The summed E-state index contributed by atoms with van der Waals surface area (Å²) in [7, 11) is 4.24. The first-order chi connectivity index (χ1) is 6.11. The Kier molecular flexibility index (Phi) is 4.17. The molecule has 2 heteroatoms. The van der Waals surface area contributed by atoms with Crippen LogP contribution in [0, 0.1) is 0 Å². The maximum absolute atomic E-state index is 2.47. The van der Waals surface area contributed by atoms with Crippen molar-refractivity contribution in [3.05, 3.63) is 29.8 Å². The third-order valence-corrected chi connectivity index (χ3v) is 5.69. The van der Waals surface area contributed by atoms with Crippen LogP contribution < -0.4 is 4.90 Å². The zero-order valence-electron chi connectivity index (χ0n) is 9.04. The molecule has 0 saturated carbocycles. The quantitative estimate of drug-likeness (QED) is 0.822. The second kappa shape index (κ2) is 4.94. The molecule has 1 nitrogen and oxygen atoms in total. The van der Waals surface area contributed by atoms with Crippen LogP contribution in [0.1, 0.15) is 5.56 Å². The molecule has 1 aromatic rings. The van der Waals surface area contributed by atoms with Crippen LogP contribution in [0.3, 0.4) is 0 Å². The summed E-state index contributed by atoms with van der Waals surface area (Å²) in [6.45, 7) is 0. The van der Waals surface area contributed by atoms with Crippen LogP contribution in [0.5, 0.6) is 0 Å². The summed E-state index contributed by atoms with van der Waals surface area (Å²) in [5, 5.41) is 0. The molecule has 0 bridgehead atoms. The van der Waals surface area contributed by atoms with Crippen molar-refractivity contribution in [1.29, 1.82) is 0 Å². The molecule has 0 N–H and O–H groups in total. The summed E-state index contributed by atoms with van der Waals surface area (Å²) in [5.74, 6) is 0. The number of benzene rings is 1. The molecule has 0 heterocycles. The van der Waals surface area contributed by atoms with Gasteiger partial charge >= 0.3 is 89.5 Å². The van der Waals surface area contributed by atoms with Gasteiger partial charge in [-0.3, -0.25) is 0 Å². The molecular weight excluding hydrogens is 261 g/mol. The van der Waals surface area contributed by atoms with Gasteiger partial charge in [0.1, 0.15) is 0 Å². The molecule has 1 aromatic carbocycles. The number of nitrogens with zero attached hydrogens (tertiary/aromatic N) is 1. The van der Waals surface area contributed by atoms with E-state index in [2.05, 4.69) is 52.6 Å². The maximum atomic E-state index is 2.47. The van der Waals surface area contributed by atoms with Gasteiger partial charge in [-0.1, -0.05) is 0 Å². The Morgan fingerprint density at radius 1 is 1.15 bits per heavy atom. The molecule has 1 rings (SSSR count). The SMILES string of the molecule is CN(C)c1ccccc1[CH2][In]([CH3])[CH3]. The third kappa shape index (κ3) is 3.26. The van der Waals surface area contributed by atoms with Gasteiger partial charge in [0.15, 0.2) is 0 Å². The first kappa shape index (κ1) is 11.0. The average Bonchev–Trinajstić information content (AvgIpc) is 2.03. The van der Waals surface area contributed by atoms with Gasteiger partial charge in [-0.05, 0) is 0 Å². The van der Waals surface area contributed by atoms with Crippen LogP contribution in [0.2, 0.25) is 9.36 Å². The monoisotopic (exact) mass is 279 g/mol. The summed E-state index contributed by atoms with van der Waals surface area (Å²) in [6.07, 6.45) is 0. The molecule has 70 valence electrons. The van der Waals surface area contributed by atoms with Crippen molar-refractivity contribution in [2.75, 3.05) is 19.0 Å². The van der Waals surface area contributed by atoms with Crippen molar-refractivity contribution in [1.82, 2.24) is 0 Å². The van der Waals surface area contributed by atoms with Crippen LogP contribution in [0.15, 0.2) is 24.3 Å². The van der Waals surface area contributed by atoms with Crippen molar-refractivity contribution in [2.45, 2.75) is 13.5 Å². The van der Waals surface area contributed by atoms with Crippen LogP contribution in [-0.4, -0.2) is 35.5 Å². The Bertz CT molecular complexity index is 269. The fraction of sp³-hybridized carbons (Fsp3) is 0.455. The van der Waals surface area contributed by atoms with E-state index < -0.39 is 21.4 Å². The first-order valence-corrected chi connectivity index (χ1v) is 13.8. The fourth-order valence-corrected chi connectivity index (χ4v) is 5.06. The molecule has 0 amide bonds. The van der Waals surface area contributed by atoms with Crippen molar-refractivity contribution in [3.8, 4) is 0 Å². The van der Waals surface area contributed by atoms with Crippen LogP contribution >= 0.6 is 0 Å². The van der Waals surface area contributed by atoms with Gasteiger partial charge < -0.3 is 0 Å². The van der Waals surface area contributed by atoms with E-state index in [0.717, 1.165) is 0 Å². The molecule has 13 heavy (non-hydrogen) atoms. The van der Waals surface area contributed by atoms with Gasteiger partial charge in [0, 0.05) is 0 Å². The van der Waals surface area contributed by atoms with Crippen molar-refractivity contribution in [2.24, 2.45) is 0 Å². The Hall–Kier alpha value is -0.110. The molecule has 0 spiro atoms.